The molecule has 0 radical (unpaired) electrons. The lowest BCUT2D eigenvalue weighted by Gasteiger charge is -2.01. The molecule has 0 bridgehead atoms. The molecular weight excluding hydrogens is 320 g/mol. The Kier molecular flexibility index (Phi) is 4.71. The summed E-state index contributed by atoms with van der Waals surface area (Å²) in [6.45, 7) is 4.11. The van der Waals surface area contributed by atoms with Crippen LogP contribution in [0.5, 0.6) is 5.75 Å². The molecule has 0 aromatic heterocycles. The van der Waals surface area contributed by atoms with Crippen molar-refractivity contribution in [2.45, 2.75) is 13.8 Å². The van der Waals surface area contributed by atoms with Gasteiger partial charge in [-0.1, -0.05) is 18.2 Å². The second-order valence-corrected chi connectivity index (χ2v) is 6.55. The van der Waals surface area contributed by atoms with Crippen LogP contribution in [0.1, 0.15) is 16.7 Å². The summed E-state index contributed by atoms with van der Waals surface area (Å²) in [5.41, 5.74) is 4.19. The minimum absolute atomic E-state index is 0.126. The Labute approximate surface area is 145 Å². The molecule has 1 heterocycles. The molecule has 0 saturated carbocycles. The monoisotopic (exact) mass is 338 g/mol. The predicted molar refractivity (Wildman–Crippen MR) is 99.7 cm³/mol. The number of ether oxygens (including phenoxy) is 1. The van der Waals surface area contributed by atoms with Crippen LogP contribution in [0.25, 0.3) is 6.08 Å². The molecule has 122 valence electrons. The largest absolute Gasteiger partial charge is 0.497 e. The molecular formula is C19H18N2O2S. The van der Waals surface area contributed by atoms with Gasteiger partial charge in [-0.15, -0.1) is 0 Å². The highest BCUT2D eigenvalue weighted by molar-refractivity contribution is 8.18. The Morgan fingerprint density at radius 3 is 2.50 bits per heavy atom. The fourth-order valence-electron chi connectivity index (χ4n) is 2.24. The van der Waals surface area contributed by atoms with Crippen molar-refractivity contribution in [2.24, 2.45) is 4.99 Å². The molecule has 1 N–H and O–H groups in total. The Balaban J connectivity index is 1.80. The number of thioether (sulfide) groups is 1. The number of nitrogens with zero attached hydrogens (tertiary/aromatic N) is 1. The highest BCUT2D eigenvalue weighted by Crippen LogP contribution is 2.29. The number of carbonyl (C=O) groups excluding carboxylic acids is 1. The second kappa shape index (κ2) is 6.93. The number of benzene rings is 2. The van der Waals surface area contributed by atoms with E-state index in [0.717, 1.165) is 17.0 Å². The number of methoxy groups -OCH3 is 1. The van der Waals surface area contributed by atoms with Crippen LogP contribution in [0, 0.1) is 13.8 Å². The zero-order chi connectivity index (χ0) is 17.1. The maximum Gasteiger partial charge on any atom is 0.264 e. The summed E-state index contributed by atoms with van der Waals surface area (Å²) in [6, 6.07) is 13.6. The first-order valence-corrected chi connectivity index (χ1v) is 8.38. The van der Waals surface area contributed by atoms with Crippen LogP contribution in [0.15, 0.2) is 52.4 Å². The van der Waals surface area contributed by atoms with Crippen molar-refractivity contribution in [1.29, 1.82) is 0 Å². The highest BCUT2D eigenvalue weighted by Gasteiger charge is 2.23. The van der Waals surface area contributed by atoms with Crippen LogP contribution < -0.4 is 10.1 Å². The molecule has 1 amide bonds. The molecule has 1 fully saturated rings. The number of nitrogens with one attached hydrogen (secondary N) is 1. The first-order valence-electron chi connectivity index (χ1n) is 7.56. The van der Waals surface area contributed by atoms with Crippen molar-refractivity contribution in [2.75, 3.05) is 7.11 Å². The molecule has 0 spiro atoms. The number of aryl methyl sites for hydroxylation is 2. The minimum atomic E-state index is -0.126. The van der Waals surface area contributed by atoms with Crippen LogP contribution in [-0.4, -0.2) is 18.2 Å². The van der Waals surface area contributed by atoms with E-state index < -0.39 is 0 Å². The van der Waals surface area contributed by atoms with Gasteiger partial charge < -0.3 is 10.1 Å². The molecule has 4 nitrogen and oxygen atoms in total. The van der Waals surface area contributed by atoms with E-state index >= 15 is 0 Å². The molecule has 0 aliphatic carbocycles. The lowest BCUT2D eigenvalue weighted by Crippen LogP contribution is -2.19. The lowest BCUT2D eigenvalue weighted by molar-refractivity contribution is -0.115. The Morgan fingerprint density at radius 1 is 1.08 bits per heavy atom. The fourth-order valence-corrected chi connectivity index (χ4v) is 3.09. The van der Waals surface area contributed by atoms with Gasteiger partial charge in [0.25, 0.3) is 5.91 Å². The topological polar surface area (TPSA) is 50.7 Å². The van der Waals surface area contributed by atoms with Gasteiger partial charge in [-0.2, -0.15) is 0 Å². The van der Waals surface area contributed by atoms with Crippen LogP contribution in [0.3, 0.4) is 0 Å². The fraction of sp³-hybridized carbons (Fsp3) is 0.158. The van der Waals surface area contributed by atoms with Crippen LogP contribution in [0.4, 0.5) is 5.69 Å². The Hall–Kier alpha value is -2.53. The van der Waals surface area contributed by atoms with E-state index in [-0.39, 0.29) is 5.91 Å². The number of carbonyl (C=O) groups is 1. The van der Waals surface area contributed by atoms with E-state index in [1.807, 2.05) is 48.5 Å². The molecule has 1 saturated heterocycles. The molecule has 0 unspecified atom stereocenters. The zero-order valence-electron chi connectivity index (χ0n) is 13.8. The third-order valence-corrected chi connectivity index (χ3v) is 4.70. The van der Waals surface area contributed by atoms with E-state index in [9.17, 15) is 4.79 Å². The number of hydrogen-bond acceptors (Lipinski definition) is 4. The van der Waals surface area contributed by atoms with Crippen molar-refractivity contribution in [1.82, 2.24) is 5.32 Å². The molecule has 5 heteroatoms. The van der Waals surface area contributed by atoms with Crippen LogP contribution in [-0.2, 0) is 4.79 Å². The first kappa shape index (κ1) is 16.3. The number of hydrogen-bond donors (Lipinski definition) is 1. The van der Waals surface area contributed by atoms with E-state index in [4.69, 9.17) is 4.74 Å². The Morgan fingerprint density at radius 2 is 1.83 bits per heavy atom. The second-order valence-electron chi connectivity index (χ2n) is 5.52. The predicted octanol–water partition coefficient (Wildman–Crippen LogP) is 4.20. The van der Waals surface area contributed by atoms with Crippen molar-refractivity contribution in [3.05, 3.63) is 64.1 Å². The summed E-state index contributed by atoms with van der Waals surface area (Å²) in [6.07, 6.45) is 1.85. The third-order valence-electron chi connectivity index (χ3n) is 3.79. The van der Waals surface area contributed by atoms with Crippen molar-refractivity contribution in [3.8, 4) is 5.75 Å². The summed E-state index contributed by atoms with van der Waals surface area (Å²) in [7, 11) is 1.63. The maximum absolute atomic E-state index is 12.1. The lowest BCUT2D eigenvalue weighted by atomic mass is 10.1. The number of amidine groups is 1. The summed E-state index contributed by atoms with van der Waals surface area (Å²) in [5.74, 6) is 0.663. The van der Waals surface area contributed by atoms with Gasteiger partial charge in [0.2, 0.25) is 0 Å². The normalized spacial score (nSPS) is 17.4. The van der Waals surface area contributed by atoms with E-state index in [1.54, 1.807) is 7.11 Å². The molecule has 3 rings (SSSR count). The standard InChI is InChI=1S/C19H18N2O2S/c1-12-4-7-15(10-13(12)2)20-19-21-18(22)17(24-19)11-14-5-8-16(23-3)9-6-14/h4-11H,1-3H3,(H,20,21,22)/b17-11-. The zero-order valence-corrected chi connectivity index (χ0v) is 14.6. The van der Waals surface area contributed by atoms with E-state index in [2.05, 4.69) is 24.2 Å². The van der Waals surface area contributed by atoms with Gasteiger partial charge in [-0.05, 0) is 72.6 Å². The van der Waals surface area contributed by atoms with Gasteiger partial charge >= 0.3 is 0 Å². The quantitative estimate of drug-likeness (QED) is 0.853. The minimum Gasteiger partial charge on any atom is -0.497 e. The molecule has 1 aliphatic rings. The van der Waals surface area contributed by atoms with E-state index in [0.29, 0.717) is 10.1 Å². The van der Waals surface area contributed by atoms with Crippen molar-refractivity contribution >= 4 is 34.6 Å². The van der Waals surface area contributed by atoms with Gasteiger partial charge in [0, 0.05) is 0 Å². The van der Waals surface area contributed by atoms with Crippen LogP contribution in [0.2, 0.25) is 0 Å². The SMILES string of the molecule is COc1ccc(/C=C2\SC(=Nc3ccc(C)c(C)c3)NC2=O)cc1. The van der Waals surface area contributed by atoms with Crippen molar-refractivity contribution < 1.29 is 9.53 Å². The number of rotatable bonds is 3. The van der Waals surface area contributed by atoms with Gasteiger partial charge in [0.1, 0.15) is 5.75 Å². The molecule has 2 aromatic rings. The summed E-state index contributed by atoms with van der Waals surface area (Å²) >= 11 is 1.35. The molecule has 1 aliphatic heterocycles. The Bertz CT molecular complexity index is 839. The summed E-state index contributed by atoms with van der Waals surface area (Å²) < 4.78 is 5.14. The maximum atomic E-state index is 12.1. The average Bonchev–Trinajstić information content (AvgIpc) is 2.91. The first-order chi connectivity index (χ1) is 11.5. The van der Waals surface area contributed by atoms with Gasteiger partial charge in [-0.25, -0.2) is 4.99 Å². The third kappa shape index (κ3) is 3.68. The van der Waals surface area contributed by atoms with Gasteiger partial charge in [0.05, 0.1) is 17.7 Å². The number of aliphatic imine (C=N–C) groups is 1. The van der Waals surface area contributed by atoms with Gasteiger partial charge in [0.15, 0.2) is 5.17 Å². The number of amides is 1. The average molecular weight is 338 g/mol. The summed E-state index contributed by atoms with van der Waals surface area (Å²) in [5, 5.41) is 3.41. The van der Waals surface area contributed by atoms with Crippen LogP contribution >= 0.6 is 11.8 Å². The molecule has 2 aromatic carbocycles. The highest BCUT2D eigenvalue weighted by atomic mass is 32.2. The summed E-state index contributed by atoms with van der Waals surface area (Å²) in [4.78, 5) is 17.3. The van der Waals surface area contributed by atoms with Gasteiger partial charge in [-0.3, -0.25) is 4.79 Å². The molecule has 0 atom stereocenters. The molecule has 24 heavy (non-hydrogen) atoms. The van der Waals surface area contributed by atoms with Crippen molar-refractivity contribution in [3.63, 3.8) is 0 Å². The van der Waals surface area contributed by atoms with E-state index in [1.165, 1.54) is 22.9 Å². The smallest absolute Gasteiger partial charge is 0.264 e.